The lowest BCUT2D eigenvalue weighted by Gasteiger charge is -2.23. The molecule has 186 valence electrons. The number of benzene rings is 1. The fraction of sp³-hybridized carbons (Fsp3) is 0.560. The Labute approximate surface area is 220 Å². The van der Waals surface area contributed by atoms with Gasteiger partial charge in [-0.25, -0.2) is 14.8 Å². The lowest BCUT2D eigenvalue weighted by Crippen LogP contribution is -2.22. The number of aromatic amines is 1. The summed E-state index contributed by atoms with van der Waals surface area (Å²) in [6.45, 7) is 8.76. The Morgan fingerprint density at radius 2 is 1.91 bits per heavy atom. The SMILES string of the molecule is COOCc1ccc2c(C3CCCCC3)c(-c3nc(Br)c(Br)n3COCC[Si](C)(C)C)[nH]c2c1. The van der Waals surface area contributed by atoms with Crippen molar-refractivity contribution in [2.24, 2.45) is 0 Å². The van der Waals surface area contributed by atoms with Crippen LogP contribution < -0.4 is 0 Å². The first-order chi connectivity index (χ1) is 16.3. The first kappa shape index (κ1) is 26.1. The Balaban J connectivity index is 1.74. The van der Waals surface area contributed by atoms with E-state index in [2.05, 4.69) is 79.3 Å². The summed E-state index contributed by atoms with van der Waals surface area (Å²) in [6.07, 6.45) is 6.30. The van der Waals surface area contributed by atoms with E-state index in [1.807, 2.05) is 0 Å². The highest BCUT2D eigenvalue weighted by molar-refractivity contribution is 9.13. The average Bonchev–Trinajstić information content (AvgIpc) is 3.32. The molecule has 0 atom stereocenters. The van der Waals surface area contributed by atoms with Crippen LogP contribution >= 0.6 is 31.9 Å². The minimum absolute atomic E-state index is 0.413. The van der Waals surface area contributed by atoms with E-state index >= 15 is 0 Å². The molecule has 1 saturated carbocycles. The molecule has 0 unspecified atom stereocenters. The second kappa shape index (κ2) is 11.4. The molecule has 3 aromatic rings. The largest absolute Gasteiger partial charge is 0.361 e. The molecule has 34 heavy (non-hydrogen) atoms. The summed E-state index contributed by atoms with van der Waals surface area (Å²) in [7, 11) is 0.389. The van der Waals surface area contributed by atoms with E-state index in [1.165, 1.54) is 50.2 Å². The van der Waals surface area contributed by atoms with Gasteiger partial charge in [-0.15, -0.1) is 0 Å². The van der Waals surface area contributed by atoms with E-state index in [0.29, 0.717) is 19.3 Å². The van der Waals surface area contributed by atoms with E-state index < -0.39 is 8.07 Å². The van der Waals surface area contributed by atoms with Crippen molar-refractivity contribution in [1.29, 1.82) is 0 Å². The van der Waals surface area contributed by atoms with Gasteiger partial charge in [0.05, 0.1) is 12.8 Å². The van der Waals surface area contributed by atoms with Crippen LogP contribution in [0.2, 0.25) is 25.7 Å². The first-order valence-electron chi connectivity index (χ1n) is 12.1. The van der Waals surface area contributed by atoms with Crippen LogP contribution in [0, 0.1) is 0 Å². The molecule has 2 heterocycles. The van der Waals surface area contributed by atoms with Gasteiger partial charge in [0.15, 0.2) is 5.82 Å². The minimum Gasteiger partial charge on any atom is -0.361 e. The Morgan fingerprint density at radius 3 is 2.62 bits per heavy atom. The Bertz CT molecular complexity index is 1120. The summed E-state index contributed by atoms with van der Waals surface area (Å²) in [5.74, 6) is 1.42. The number of nitrogens with one attached hydrogen (secondary N) is 1. The molecule has 0 bridgehead atoms. The molecule has 0 aliphatic heterocycles. The lowest BCUT2D eigenvalue weighted by molar-refractivity contribution is -0.282. The molecule has 0 spiro atoms. The van der Waals surface area contributed by atoms with Crippen molar-refractivity contribution in [1.82, 2.24) is 14.5 Å². The number of aromatic nitrogens is 3. The van der Waals surface area contributed by atoms with Crippen LogP contribution in [0.25, 0.3) is 22.4 Å². The number of ether oxygens (including phenoxy) is 1. The predicted octanol–water partition coefficient (Wildman–Crippen LogP) is 7.99. The molecule has 6 nitrogen and oxygen atoms in total. The third-order valence-corrected chi connectivity index (χ3v) is 10.2. The summed E-state index contributed by atoms with van der Waals surface area (Å²) in [6, 6.07) is 7.65. The van der Waals surface area contributed by atoms with Crippen LogP contribution in [0.4, 0.5) is 0 Å². The molecule has 4 rings (SSSR count). The zero-order valence-electron chi connectivity index (χ0n) is 20.5. The predicted molar refractivity (Wildman–Crippen MR) is 147 cm³/mol. The van der Waals surface area contributed by atoms with Gasteiger partial charge < -0.3 is 9.72 Å². The van der Waals surface area contributed by atoms with Crippen molar-refractivity contribution in [2.45, 2.75) is 77.0 Å². The van der Waals surface area contributed by atoms with Crippen molar-refractivity contribution in [3.63, 3.8) is 0 Å². The van der Waals surface area contributed by atoms with Crippen molar-refractivity contribution in [2.75, 3.05) is 13.7 Å². The number of fused-ring (bicyclic) bond motifs is 1. The topological polar surface area (TPSA) is 61.3 Å². The number of imidazole rings is 1. The zero-order valence-corrected chi connectivity index (χ0v) is 24.7. The molecular weight excluding hydrogens is 578 g/mol. The second-order valence-electron chi connectivity index (χ2n) is 10.4. The highest BCUT2D eigenvalue weighted by Gasteiger charge is 2.27. The number of nitrogens with zero attached hydrogens (tertiary/aromatic N) is 2. The fourth-order valence-electron chi connectivity index (χ4n) is 4.72. The molecule has 1 fully saturated rings. The molecule has 9 heteroatoms. The molecule has 0 amide bonds. The van der Waals surface area contributed by atoms with E-state index in [1.54, 1.807) is 0 Å². The maximum absolute atomic E-state index is 6.14. The van der Waals surface area contributed by atoms with Crippen molar-refractivity contribution in [3.05, 3.63) is 38.5 Å². The molecule has 0 radical (unpaired) electrons. The summed E-state index contributed by atoms with van der Waals surface area (Å²) in [4.78, 5) is 18.6. The molecule has 1 N–H and O–H groups in total. The Kier molecular flexibility index (Phi) is 8.74. The standard InChI is InChI=1S/C25H35Br2N3O3Si/c1-31-33-15-17-10-11-19-20(14-17)28-22(21(19)18-8-6-5-7-9-18)25-29-23(26)24(27)30(25)16-32-12-13-34(2,3)4/h10-11,14,18,28H,5-9,12-13,15-16H2,1-4H3. The quantitative estimate of drug-likeness (QED) is 0.109. The monoisotopic (exact) mass is 611 g/mol. The summed E-state index contributed by atoms with van der Waals surface area (Å²) < 4.78 is 9.95. The number of halogens is 2. The maximum atomic E-state index is 6.14. The molecule has 1 aliphatic carbocycles. The summed E-state index contributed by atoms with van der Waals surface area (Å²) in [5, 5.41) is 1.27. The third-order valence-electron chi connectivity index (χ3n) is 6.57. The minimum atomic E-state index is -1.15. The maximum Gasteiger partial charge on any atom is 0.160 e. The third kappa shape index (κ3) is 6.05. The smallest absolute Gasteiger partial charge is 0.160 e. The van der Waals surface area contributed by atoms with Crippen LogP contribution in [0.1, 0.15) is 49.1 Å². The molecule has 1 aromatic carbocycles. The summed E-state index contributed by atoms with van der Waals surface area (Å²) >= 11 is 7.37. The molecule has 1 aliphatic rings. The lowest BCUT2D eigenvalue weighted by atomic mass is 9.82. The number of rotatable bonds is 10. The van der Waals surface area contributed by atoms with Gasteiger partial charge in [0.1, 0.15) is 22.5 Å². The average molecular weight is 613 g/mol. The molecular formula is C25H35Br2N3O3Si. The van der Waals surface area contributed by atoms with E-state index in [9.17, 15) is 0 Å². The normalized spacial score (nSPS) is 15.5. The Morgan fingerprint density at radius 1 is 1.15 bits per heavy atom. The molecule has 2 aromatic heterocycles. The zero-order chi connectivity index (χ0) is 24.3. The van der Waals surface area contributed by atoms with Crippen LogP contribution in [-0.4, -0.2) is 36.3 Å². The van der Waals surface area contributed by atoms with Gasteiger partial charge >= 0.3 is 0 Å². The van der Waals surface area contributed by atoms with E-state index in [4.69, 9.17) is 19.5 Å². The van der Waals surface area contributed by atoms with Crippen LogP contribution in [-0.2, 0) is 27.8 Å². The summed E-state index contributed by atoms with van der Waals surface area (Å²) in [5.41, 5.74) is 4.64. The van der Waals surface area contributed by atoms with Crippen molar-refractivity contribution in [3.8, 4) is 11.5 Å². The van der Waals surface area contributed by atoms with E-state index in [-0.39, 0.29) is 0 Å². The number of hydrogen-bond acceptors (Lipinski definition) is 4. The van der Waals surface area contributed by atoms with Crippen molar-refractivity contribution >= 4 is 50.8 Å². The van der Waals surface area contributed by atoms with Gasteiger partial charge in [0, 0.05) is 25.6 Å². The van der Waals surface area contributed by atoms with Gasteiger partial charge in [0.2, 0.25) is 0 Å². The van der Waals surface area contributed by atoms with Gasteiger partial charge in [-0.2, -0.15) is 0 Å². The van der Waals surface area contributed by atoms with Gasteiger partial charge in [-0.3, -0.25) is 4.57 Å². The van der Waals surface area contributed by atoms with Gasteiger partial charge in [0.25, 0.3) is 0 Å². The van der Waals surface area contributed by atoms with Crippen LogP contribution in [0.5, 0.6) is 0 Å². The first-order valence-corrected chi connectivity index (χ1v) is 17.4. The highest BCUT2D eigenvalue weighted by atomic mass is 79.9. The number of H-pyrrole nitrogens is 1. The van der Waals surface area contributed by atoms with Crippen molar-refractivity contribution < 1.29 is 14.5 Å². The highest BCUT2D eigenvalue weighted by Crippen LogP contribution is 2.43. The number of hydrogen-bond donors (Lipinski definition) is 1. The van der Waals surface area contributed by atoms with Gasteiger partial charge in [-0.1, -0.05) is 51.0 Å². The van der Waals surface area contributed by atoms with E-state index in [0.717, 1.165) is 44.5 Å². The second-order valence-corrected chi connectivity index (χ2v) is 17.5. The molecule has 0 saturated heterocycles. The Hall–Kier alpha value is -0.973. The van der Waals surface area contributed by atoms with Crippen LogP contribution in [0.15, 0.2) is 27.4 Å². The van der Waals surface area contributed by atoms with Gasteiger partial charge in [-0.05, 0) is 73.9 Å². The van der Waals surface area contributed by atoms with Crippen LogP contribution in [0.3, 0.4) is 0 Å². The fourth-order valence-corrected chi connectivity index (χ4v) is 6.22.